The summed E-state index contributed by atoms with van der Waals surface area (Å²) in [5.74, 6) is -0.881. The van der Waals surface area contributed by atoms with Crippen LogP contribution < -0.4 is 0 Å². The zero-order valence-corrected chi connectivity index (χ0v) is 12.3. The van der Waals surface area contributed by atoms with Gasteiger partial charge in [0.05, 0.1) is 18.6 Å². The van der Waals surface area contributed by atoms with Crippen LogP contribution in [0.3, 0.4) is 0 Å². The molecule has 0 saturated heterocycles. The maximum atomic E-state index is 12.8. The van der Waals surface area contributed by atoms with Gasteiger partial charge in [0, 0.05) is 15.3 Å². The predicted molar refractivity (Wildman–Crippen MR) is 67.3 cm³/mol. The van der Waals surface area contributed by atoms with Gasteiger partial charge in [-0.1, -0.05) is 0 Å². The third-order valence-corrected chi connectivity index (χ3v) is 3.51. The van der Waals surface area contributed by atoms with Gasteiger partial charge in [0.2, 0.25) is 0 Å². The summed E-state index contributed by atoms with van der Waals surface area (Å²) >= 11 is 1.29. The fourth-order valence-corrected chi connectivity index (χ4v) is 2.37. The summed E-state index contributed by atoms with van der Waals surface area (Å²) < 4.78 is 67.7. The van der Waals surface area contributed by atoms with Crippen molar-refractivity contribution < 1.29 is 31.5 Å². The molecule has 0 radical (unpaired) electrons. The van der Waals surface area contributed by atoms with Gasteiger partial charge in [0.15, 0.2) is 0 Å². The Labute approximate surface area is 124 Å². The molecule has 1 rings (SSSR count). The number of alkyl halides is 5. The SMILES string of the molecule is CCOC(=O)Cc1c(C(F)F)ncc(C(F)(F)F)c1I. The van der Waals surface area contributed by atoms with E-state index < -0.39 is 45.4 Å². The molecule has 0 spiro atoms. The van der Waals surface area contributed by atoms with Gasteiger partial charge in [0.25, 0.3) is 6.43 Å². The number of pyridine rings is 1. The van der Waals surface area contributed by atoms with Crippen LogP contribution in [0.4, 0.5) is 22.0 Å². The quantitative estimate of drug-likeness (QED) is 0.432. The molecule has 3 nitrogen and oxygen atoms in total. The van der Waals surface area contributed by atoms with Crippen molar-refractivity contribution in [1.82, 2.24) is 4.98 Å². The minimum absolute atomic E-state index is 0.00577. The van der Waals surface area contributed by atoms with Crippen molar-refractivity contribution in [2.24, 2.45) is 0 Å². The number of carbonyl (C=O) groups excluding carboxylic acids is 1. The highest BCUT2D eigenvalue weighted by Gasteiger charge is 2.36. The lowest BCUT2D eigenvalue weighted by molar-refractivity contribution is -0.143. The van der Waals surface area contributed by atoms with Gasteiger partial charge in [-0.15, -0.1) is 0 Å². The Morgan fingerprint density at radius 1 is 1.45 bits per heavy atom. The lowest BCUT2D eigenvalue weighted by Gasteiger charge is -2.15. The number of hydrogen-bond donors (Lipinski definition) is 0. The van der Waals surface area contributed by atoms with Crippen molar-refractivity contribution in [2.75, 3.05) is 6.61 Å². The molecule has 1 heterocycles. The van der Waals surface area contributed by atoms with Gasteiger partial charge in [-0.2, -0.15) is 13.2 Å². The minimum Gasteiger partial charge on any atom is -0.466 e. The molecule has 0 aliphatic carbocycles. The first kappa shape index (κ1) is 17.1. The third-order valence-electron chi connectivity index (χ3n) is 2.28. The highest BCUT2D eigenvalue weighted by molar-refractivity contribution is 14.1. The molecule has 0 aliphatic heterocycles. The first-order valence-corrected chi connectivity index (χ1v) is 6.44. The van der Waals surface area contributed by atoms with Crippen LogP contribution in [0.15, 0.2) is 6.20 Å². The Kier molecular flexibility index (Phi) is 5.66. The summed E-state index contributed by atoms with van der Waals surface area (Å²) in [6.45, 7) is 1.51. The lowest BCUT2D eigenvalue weighted by Crippen LogP contribution is -2.17. The fourth-order valence-electron chi connectivity index (χ4n) is 1.45. The number of hydrogen-bond acceptors (Lipinski definition) is 3. The van der Waals surface area contributed by atoms with Crippen molar-refractivity contribution >= 4 is 28.6 Å². The van der Waals surface area contributed by atoms with E-state index in [1.54, 1.807) is 0 Å². The molecule has 1 aromatic rings. The van der Waals surface area contributed by atoms with E-state index in [1.807, 2.05) is 0 Å². The number of aromatic nitrogens is 1. The smallest absolute Gasteiger partial charge is 0.418 e. The van der Waals surface area contributed by atoms with E-state index in [1.165, 1.54) is 29.5 Å². The molecule has 0 saturated carbocycles. The first-order chi connectivity index (χ1) is 9.18. The second-order valence-corrected chi connectivity index (χ2v) is 4.71. The molecule has 0 aliphatic rings. The van der Waals surface area contributed by atoms with Gasteiger partial charge in [-0.25, -0.2) is 8.78 Å². The standard InChI is InChI=1S/C11H9F5INO2/c1-2-20-7(19)3-5-8(17)6(11(14,15)16)4-18-9(5)10(12)13/h4,10H,2-3H2,1H3. The van der Waals surface area contributed by atoms with Crippen LogP contribution in [0.5, 0.6) is 0 Å². The van der Waals surface area contributed by atoms with Crippen molar-refractivity contribution in [3.63, 3.8) is 0 Å². The molecule has 0 N–H and O–H groups in total. The van der Waals surface area contributed by atoms with Crippen molar-refractivity contribution in [2.45, 2.75) is 25.9 Å². The Bertz CT molecular complexity index is 504. The number of nitrogens with zero attached hydrogens (tertiary/aromatic N) is 1. The number of rotatable bonds is 4. The lowest BCUT2D eigenvalue weighted by atomic mass is 10.1. The zero-order chi connectivity index (χ0) is 15.5. The van der Waals surface area contributed by atoms with Crippen LogP contribution in [0.25, 0.3) is 0 Å². The van der Waals surface area contributed by atoms with Gasteiger partial charge in [-0.05, 0) is 29.5 Å². The minimum atomic E-state index is -4.73. The summed E-state index contributed by atoms with van der Waals surface area (Å²) in [5.41, 5.74) is -2.44. The maximum Gasteiger partial charge on any atom is 0.418 e. The average molecular weight is 409 g/mol. The molecular formula is C11H9F5INO2. The van der Waals surface area contributed by atoms with Crippen LogP contribution in [0, 0.1) is 3.57 Å². The average Bonchev–Trinajstić information content (AvgIpc) is 2.29. The van der Waals surface area contributed by atoms with E-state index in [0.29, 0.717) is 6.20 Å². The molecule has 0 unspecified atom stereocenters. The van der Waals surface area contributed by atoms with Crippen LogP contribution in [-0.4, -0.2) is 17.6 Å². The van der Waals surface area contributed by atoms with Crippen LogP contribution in [-0.2, 0) is 22.1 Å². The highest BCUT2D eigenvalue weighted by Crippen LogP contribution is 2.36. The van der Waals surface area contributed by atoms with Crippen LogP contribution in [0.1, 0.15) is 30.2 Å². The fraction of sp³-hybridized carbons (Fsp3) is 0.455. The van der Waals surface area contributed by atoms with Crippen molar-refractivity contribution in [3.05, 3.63) is 26.6 Å². The monoisotopic (exact) mass is 409 g/mol. The molecule has 1 aromatic heterocycles. The van der Waals surface area contributed by atoms with E-state index >= 15 is 0 Å². The number of halogens is 6. The molecule has 112 valence electrons. The van der Waals surface area contributed by atoms with E-state index in [-0.39, 0.29) is 6.61 Å². The molecule has 9 heteroatoms. The summed E-state index contributed by atoms with van der Waals surface area (Å²) in [6.07, 6.45) is -8.14. The van der Waals surface area contributed by atoms with Gasteiger partial charge < -0.3 is 4.74 Å². The Balaban J connectivity index is 3.32. The van der Waals surface area contributed by atoms with Gasteiger partial charge in [-0.3, -0.25) is 9.78 Å². The summed E-state index contributed by atoms with van der Waals surface area (Å²) in [7, 11) is 0. The van der Waals surface area contributed by atoms with Crippen LogP contribution in [0.2, 0.25) is 0 Å². The van der Waals surface area contributed by atoms with E-state index in [2.05, 4.69) is 9.72 Å². The predicted octanol–water partition coefficient (Wildman–Crippen LogP) is 3.75. The van der Waals surface area contributed by atoms with E-state index in [4.69, 9.17) is 0 Å². The Morgan fingerprint density at radius 3 is 2.50 bits per heavy atom. The van der Waals surface area contributed by atoms with Crippen molar-refractivity contribution in [1.29, 1.82) is 0 Å². The molecular weight excluding hydrogens is 400 g/mol. The number of carbonyl (C=O) groups is 1. The van der Waals surface area contributed by atoms with Gasteiger partial charge in [0.1, 0.15) is 5.69 Å². The Morgan fingerprint density at radius 2 is 2.05 bits per heavy atom. The summed E-state index contributed by atoms with van der Waals surface area (Å²) in [6, 6.07) is 0. The summed E-state index contributed by atoms with van der Waals surface area (Å²) in [4.78, 5) is 14.5. The van der Waals surface area contributed by atoms with Crippen molar-refractivity contribution in [3.8, 4) is 0 Å². The van der Waals surface area contributed by atoms with Crippen LogP contribution >= 0.6 is 22.6 Å². The largest absolute Gasteiger partial charge is 0.466 e. The van der Waals surface area contributed by atoms with Gasteiger partial charge >= 0.3 is 12.1 Å². The summed E-state index contributed by atoms with van der Waals surface area (Å²) in [5, 5.41) is 0. The second-order valence-electron chi connectivity index (χ2n) is 3.63. The topological polar surface area (TPSA) is 39.2 Å². The molecule has 0 aromatic carbocycles. The maximum absolute atomic E-state index is 12.8. The number of esters is 1. The Hall–Kier alpha value is -1.00. The number of ether oxygens (including phenoxy) is 1. The molecule has 20 heavy (non-hydrogen) atoms. The molecule has 0 amide bonds. The van der Waals surface area contributed by atoms with E-state index in [0.717, 1.165) is 0 Å². The highest BCUT2D eigenvalue weighted by atomic mass is 127. The van der Waals surface area contributed by atoms with E-state index in [9.17, 15) is 26.7 Å². The molecule has 0 atom stereocenters. The normalized spacial score (nSPS) is 11.8. The zero-order valence-electron chi connectivity index (χ0n) is 10.1. The first-order valence-electron chi connectivity index (χ1n) is 5.36. The molecule has 0 bridgehead atoms. The second kappa shape index (κ2) is 6.64. The molecule has 0 fully saturated rings. The third kappa shape index (κ3) is 4.00.